The van der Waals surface area contributed by atoms with Gasteiger partial charge in [0.15, 0.2) is 0 Å². The number of carbonyl (C=O) groups excluding carboxylic acids is 2. The van der Waals surface area contributed by atoms with E-state index in [0.29, 0.717) is 11.1 Å². The summed E-state index contributed by atoms with van der Waals surface area (Å²) >= 11 is 0. The summed E-state index contributed by atoms with van der Waals surface area (Å²) in [6, 6.07) is 7.07. The van der Waals surface area contributed by atoms with Crippen LogP contribution in [0.15, 0.2) is 24.3 Å². The average molecular weight is 430 g/mol. The summed E-state index contributed by atoms with van der Waals surface area (Å²) in [5.74, 6) is 0.114. The van der Waals surface area contributed by atoms with Crippen LogP contribution in [0.3, 0.4) is 0 Å². The Labute approximate surface area is 192 Å². The fraction of sp³-hybridized carbons (Fsp3) is 0.714. The van der Waals surface area contributed by atoms with Gasteiger partial charge in [0, 0.05) is 24.2 Å². The predicted octanol–water partition coefficient (Wildman–Crippen LogP) is 8.22. The normalized spacial score (nSPS) is 10.9. The number of nitrogens with zero attached hydrogens (tertiary/aromatic N) is 1. The number of unbranched alkanes of at least 4 members (excludes halogenated alkanes) is 14. The van der Waals surface area contributed by atoms with E-state index in [4.69, 9.17) is 0 Å². The number of amides is 1. The first-order valence-electron chi connectivity index (χ1n) is 13.1. The highest BCUT2D eigenvalue weighted by Gasteiger charge is 2.15. The Morgan fingerprint density at radius 1 is 0.645 bits per heavy atom. The fourth-order valence-electron chi connectivity index (χ4n) is 4.07. The topological polar surface area (TPSA) is 37.4 Å². The summed E-state index contributed by atoms with van der Waals surface area (Å²) in [6.45, 7) is 6.20. The molecule has 1 amide bonds. The molecule has 0 spiro atoms. The zero-order valence-corrected chi connectivity index (χ0v) is 20.4. The number of aldehydes is 1. The van der Waals surface area contributed by atoms with E-state index in [2.05, 4.69) is 13.8 Å². The van der Waals surface area contributed by atoms with Crippen molar-refractivity contribution in [1.29, 1.82) is 0 Å². The Balaban J connectivity index is 2.41. The second-order valence-electron chi connectivity index (χ2n) is 8.98. The van der Waals surface area contributed by atoms with Gasteiger partial charge in [-0.3, -0.25) is 9.59 Å². The van der Waals surface area contributed by atoms with Gasteiger partial charge in [0.1, 0.15) is 6.29 Å². The van der Waals surface area contributed by atoms with Crippen molar-refractivity contribution in [3.63, 3.8) is 0 Å². The van der Waals surface area contributed by atoms with Gasteiger partial charge in [0.25, 0.3) is 5.91 Å². The highest BCUT2D eigenvalue weighted by atomic mass is 16.2. The summed E-state index contributed by atoms with van der Waals surface area (Å²) in [5.41, 5.74) is 1.32. The van der Waals surface area contributed by atoms with Crippen LogP contribution >= 0.6 is 0 Å². The first-order chi connectivity index (χ1) is 15.2. The van der Waals surface area contributed by atoms with Crippen molar-refractivity contribution in [3.05, 3.63) is 35.4 Å². The van der Waals surface area contributed by atoms with E-state index >= 15 is 0 Å². The molecule has 0 unspecified atom stereocenters. The maximum absolute atomic E-state index is 13.1. The second kappa shape index (κ2) is 19.1. The summed E-state index contributed by atoms with van der Waals surface area (Å²) in [6.07, 6.45) is 21.3. The van der Waals surface area contributed by atoms with E-state index in [9.17, 15) is 9.59 Å². The molecule has 0 fully saturated rings. The van der Waals surface area contributed by atoms with E-state index < -0.39 is 0 Å². The molecule has 176 valence electrons. The lowest BCUT2D eigenvalue weighted by atomic mass is 10.1. The molecule has 0 bridgehead atoms. The molecule has 0 heterocycles. The maximum Gasteiger partial charge on any atom is 0.253 e. The van der Waals surface area contributed by atoms with Crippen LogP contribution in [-0.4, -0.2) is 30.2 Å². The number of carbonyl (C=O) groups is 2. The van der Waals surface area contributed by atoms with Gasteiger partial charge in [-0.05, 0) is 25.0 Å². The highest BCUT2D eigenvalue weighted by molar-refractivity contribution is 5.94. The molecule has 0 aliphatic rings. The monoisotopic (exact) mass is 429 g/mol. The third-order valence-electron chi connectivity index (χ3n) is 6.14. The Bertz CT molecular complexity index is 547. The minimum absolute atomic E-state index is 0.114. The molecular formula is C28H47NO2. The van der Waals surface area contributed by atoms with Crippen LogP contribution in [0.1, 0.15) is 137 Å². The molecule has 3 heteroatoms. The van der Waals surface area contributed by atoms with Crippen molar-refractivity contribution in [2.24, 2.45) is 0 Å². The molecule has 1 rings (SSSR count). The first kappa shape index (κ1) is 27.4. The lowest BCUT2D eigenvalue weighted by Crippen LogP contribution is -2.33. The number of hydrogen-bond acceptors (Lipinski definition) is 2. The zero-order chi connectivity index (χ0) is 22.6. The maximum atomic E-state index is 13.1. The Hall–Kier alpha value is -1.64. The van der Waals surface area contributed by atoms with Gasteiger partial charge in [-0.15, -0.1) is 0 Å². The van der Waals surface area contributed by atoms with Crippen molar-refractivity contribution >= 4 is 12.2 Å². The molecule has 1 aromatic rings. The molecule has 0 aliphatic heterocycles. The van der Waals surface area contributed by atoms with Crippen LogP contribution in [0.4, 0.5) is 0 Å². The van der Waals surface area contributed by atoms with Crippen LogP contribution in [0, 0.1) is 0 Å². The van der Waals surface area contributed by atoms with Crippen molar-refractivity contribution in [3.8, 4) is 0 Å². The lowest BCUT2D eigenvalue weighted by molar-refractivity contribution is 0.0749. The summed E-state index contributed by atoms with van der Waals surface area (Å²) in [5, 5.41) is 0. The second-order valence-corrected chi connectivity index (χ2v) is 8.98. The molecule has 0 aliphatic carbocycles. The van der Waals surface area contributed by atoms with Gasteiger partial charge in [-0.2, -0.15) is 0 Å². The van der Waals surface area contributed by atoms with Crippen LogP contribution < -0.4 is 0 Å². The van der Waals surface area contributed by atoms with Gasteiger partial charge in [-0.1, -0.05) is 116 Å². The van der Waals surface area contributed by atoms with Crippen LogP contribution in [0.25, 0.3) is 0 Å². The van der Waals surface area contributed by atoms with Crippen molar-refractivity contribution in [1.82, 2.24) is 4.90 Å². The molecule has 0 N–H and O–H groups in total. The summed E-state index contributed by atoms with van der Waals surface area (Å²) < 4.78 is 0. The number of hydrogen-bond donors (Lipinski definition) is 0. The van der Waals surface area contributed by atoms with E-state index in [1.165, 1.54) is 89.9 Å². The molecule has 31 heavy (non-hydrogen) atoms. The lowest BCUT2D eigenvalue weighted by Gasteiger charge is -2.23. The average Bonchev–Trinajstić information content (AvgIpc) is 2.80. The number of rotatable bonds is 20. The minimum atomic E-state index is 0.114. The molecular weight excluding hydrogens is 382 g/mol. The molecule has 0 saturated heterocycles. The third-order valence-corrected chi connectivity index (χ3v) is 6.14. The van der Waals surface area contributed by atoms with Gasteiger partial charge >= 0.3 is 0 Å². The first-order valence-corrected chi connectivity index (χ1v) is 13.1. The molecule has 0 saturated carbocycles. The zero-order valence-electron chi connectivity index (χ0n) is 20.4. The minimum Gasteiger partial charge on any atom is -0.339 e. The SMILES string of the molecule is CCCCCCCCCCN(CCCCCCCCCC)C(=O)c1ccc(C=O)cc1. The van der Waals surface area contributed by atoms with Gasteiger partial charge < -0.3 is 4.90 Å². The summed E-state index contributed by atoms with van der Waals surface area (Å²) in [7, 11) is 0. The van der Waals surface area contributed by atoms with Gasteiger partial charge in [0.2, 0.25) is 0 Å². The van der Waals surface area contributed by atoms with E-state index in [-0.39, 0.29) is 5.91 Å². The third kappa shape index (κ3) is 13.4. The summed E-state index contributed by atoms with van der Waals surface area (Å²) in [4.78, 5) is 26.0. The molecule has 0 radical (unpaired) electrons. The van der Waals surface area contributed by atoms with Crippen LogP contribution in [0.5, 0.6) is 0 Å². The molecule has 1 aromatic carbocycles. The largest absolute Gasteiger partial charge is 0.339 e. The number of benzene rings is 1. The molecule has 3 nitrogen and oxygen atoms in total. The Morgan fingerprint density at radius 3 is 1.42 bits per heavy atom. The Morgan fingerprint density at radius 2 is 1.03 bits per heavy atom. The van der Waals surface area contributed by atoms with Crippen molar-refractivity contribution in [2.45, 2.75) is 117 Å². The predicted molar refractivity (Wildman–Crippen MR) is 133 cm³/mol. The smallest absolute Gasteiger partial charge is 0.253 e. The fourth-order valence-corrected chi connectivity index (χ4v) is 4.07. The van der Waals surface area contributed by atoms with Gasteiger partial charge in [0.05, 0.1) is 0 Å². The standard InChI is InChI=1S/C28H47NO2/c1-3-5-7-9-11-13-15-17-23-29(24-18-16-14-12-10-8-6-4-2)28(31)27-21-19-26(25-30)20-22-27/h19-22,25H,3-18,23-24H2,1-2H3. The van der Waals surface area contributed by atoms with Crippen LogP contribution in [-0.2, 0) is 0 Å². The van der Waals surface area contributed by atoms with Crippen molar-refractivity contribution < 1.29 is 9.59 Å². The van der Waals surface area contributed by atoms with Crippen molar-refractivity contribution in [2.75, 3.05) is 13.1 Å². The quantitative estimate of drug-likeness (QED) is 0.155. The van der Waals surface area contributed by atoms with Crippen LogP contribution in [0.2, 0.25) is 0 Å². The van der Waals surface area contributed by atoms with E-state index in [0.717, 1.165) is 32.2 Å². The van der Waals surface area contributed by atoms with E-state index in [1.54, 1.807) is 24.3 Å². The molecule has 0 atom stereocenters. The molecule has 0 aromatic heterocycles. The van der Waals surface area contributed by atoms with E-state index in [1.807, 2.05) is 4.90 Å². The Kier molecular flexibility index (Phi) is 16.9. The van der Waals surface area contributed by atoms with Gasteiger partial charge in [-0.25, -0.2) is 0 Å². The highest BCUT2D eigenvalue weighted by Crippen LogP contribution is 2.14.